The fourth-order valence-corrected chi connectivity index (χ4v) is 4.17. The Hall–Kier alpha value is -2.66. The van der Waals surface area contributed by atoms with Crippen molar-refractivity contribution in [3.8, 4) is 11.6 Å². The van der Waals surface area contributed by atoms with Gasteiger partial charge in [0, 0.05) is 43.0 Å². The highest BCUT2D eigenvalue weighted by atomic mass is 16.5. The van der Waals surface area contributed by atoms with E-state index in [0.29, 0.717) is 11.8 Å². The predicted octanol–water partition coefficient (Wildman–Crippen LogP) is 4.78. The smallest absolute Gasteiger partial charge is 0.138 e. The number of pyridine rings is 1. The quantitative estimate of drug-likeness (QED) is 0.608. The maximum atomic E-state index is 5.27. The van der Waals surface area contributed by atoms with E-state index in [2.05, 4.69) is 58.6 Å². The van der Waals surface area contributed by atoms with Gasteiger partial charge in [-0.15, -0.1) is 0 Å². The van der Waals surface area contributed by atoms with E-state index in [4.69, 9.17) is 9.72 Å². The zero-order chi connectivity index (χ0) is 20.2. The summed E-state index contributed by atoms with van der Waals surface area (Å²) < 4.78 is 7.39. The maximum Gasteiger partial charge on any atom is 0.138 e. The second-order valence-electron chi connectivity index (χ2n) is 8.15. The van der Waals surface area contributed by atoms with Crippen LogP contribution in [0.3, 0.4) is 0 Å². The average Bonchev–Trinajstić information content (AvgIpc) is 3.25. The summed E-state index contributed by atoms with van der Waals surface area (Å²) in [7, 11) is 1.71. The van der Waals surface area contributed by atoms with Gasteiger partial charge in [0.05, 0.1) is 7.11 Å². The minimum Gasteiger partial charge on any atom is -0.497 e. The first kappa shape index (κ1) is 19.6. The Kier molecular flexibility index (Phi) is 5.95. The Balaban J connectivity index is 1.48. The molecule has 1 fully saturated rings. The lowest BCUT2D eigenvalue weighted by Gasteiger charge is -2.32. The maximum absolute atomic E-state index is 5.27. The van der Waals surface area contributed by atoms with Crippen molar-refractivity contribution in [3.05, 3.63) is 71.9 Å². The van der Waals surface area contributed by atoms with E-state index in [9.17, 15) is 0 Å². The van der Waals surface area contributed by atoms with Crippen molar-refractivity contribution < 1.29 is 4.74 Å². The van der Waals surface area contributed by atoms with Crippen LogP contribution in [0, 0.1) is 0 Å². The molecule has 2 aromatic heterocycles. The van der Waals surface area contributed by atoms with Crippen molar-refractivity contribution in [1.29, 1.82) is 0 Å². The van der Waals surface area contributed by atoms with Crippen LogP contribution in [-0.2, 0) is 6.54 Å². The molecule has 0 bridgehead atoms. The van der Waals surface area contributed by atoms with Crippen molar-refractivity contribution in [1.82, 2.24) is 19.4 Å². The van der Waals surface area contributed by atoms with E-state index >= 15 is 0 Å². The summed E-state index contributed by atoms with van der Waals surface area (Å²) in [6, 6.07) is 14.8. The molecule has 4 rings (SSSR count). The number of methoxy groups -OCH3 is 1. The third-order valence-electron chi connectivity index (χ3n) is 5.68. The van der Waals surface area contributed by atoms with Gasteiger partial charge in [-0.2, -0.15) is 0 Å². The first-order valence-electron chi connectivity index (χ1n) is 10.5. The van der Waals surface area contributed by atoms with Crippen LogP contribution in [0.15, 0.2) is 54.9 Å². The molecule has 1 atom stereocenters. The Labute approximate surface area is 173 Å². The lowest BCUT2D eigenvalue weighted by Crippen LogP contribution is -2.34. The molecule has 3 heterocycles. The van der Waals surface area contributed by atoms with Crippen LogP contribution < -0.4 is 4.74 Å². The van der Waals surface area contributed by atoms with E-state index < -0.39 is 0 Å². The van der Waals surface area contributed by atoms with Gasteiger partial charge in [-0.3, -0.25) is 9.47 Å². The van der Waals surface area contributed by atoms with Gasteiger partial charge in [0.1, 0.15) is 17.4 Å². The molecule has 3 aromatic rings. The monoisotopic (exact) mass is 390 g/mol. The Bertz CT molecular complexity index is 932. The summed E-state index contributed by atoms with van der Waals surface area (Å²) >= 11 is 0. The molecule has 0 unspecified atom stereocenters. The number of aromatic nitrogens is 3. The number of nitrogens with zero attached hydrogens (tertiary/aromatic N) is 4. The molecule has 5 heteroatoms. The lowest BCUT2D eigenvalue weighted by atomic mass is 9.94. The van der Waals surface area contributed by atoms with Crippen molar-refractivity contribution in [3.63, 3.8) is 0 Å². The molecule has 1 saturated heterocycles. The first-order valence-corrected chi connectivity index (χ1v) is 10.5. The van der Waals surface area contributed by atoms with Gasteiger partial charge in [0.2, 0.25) is 0 Å². The number of piperidine rings is 1. The summed E-state index contributed by atoms with van der Waals surface area (Å²) in [5.74, 6) is 3.76. The largest absolute Gasteiger partial charge is 0.497 e. The SMILES string of the molecule is COc1ccc(CN2CCC[C@@H](c3cccc(-n4ccnc4C(C)C)n3)C2)cc1. The fraction of sp³-hybridized carbons (Fsp3) is 0.417. The van der Waals surface area contributed by atoms with Crippen LogP contribution in [0.2, 0.25) is 0 Å². The van der Waals surface area contributed by atoms with Crippen molar-refractivity contribution >= 4 is 0 Å². The summed E-state index contributed by atoms with van der Waals surface area (Å²) in [4.78, 5) is 12.1. The van der Waals surface area contributed by atoms with Gasteiger partial charge < -0.3 is 4.74 Å². The molecule has 0 saturated carbocycles. The van der Waals surface area contributed by atoms with Crippen LogP contribution in [0.5, 0.6) is 5.75 Å². The molecule has 152 valence electrons. The van der Waals surface area contributed by atoms with Gasteiger partial charge in [0.15, 0.2) is 0 Å². The van der Waals surface area contributed by atoms with Gasteiger partial charge in [-0.1, -0.05) is 32.0 Å². The highest BCUT2D eigenvalue weighted by Gasteiger charge is 2.23. The third-order valence-corrected chi connectivity index (χ3v) is 5.68. The predicted molar refractivity (Wildman–Crippen MR) is 116 cm³/mol. The Morgan fingerprint density at radius 2 is 1.97 bits per heavy atom. The number of imidazole rings is 1. The summed E-state index contributed by atoms with van der Waals surface area (Å²) in [5, 5.41) is 0. The van der Waals surface area contributed by atoms with E-state index in [1.165, 1.54) is 24.1 Å². The molecule has 1 aromatic carbocycles. The number of likely N-dealkylation sites (tertiary alicyclic amines) is 1. The molecule has 1 aliphatic rings. The minimum atomic E-state index is 0.366. The van der Waals surface area contributed by atoms with Gasteiger partial charge in [-0.25, -0.2) is 9.97 Å². The van der Waals surface area contributed by atoms with Gasteiger partial charge in [-0.05, 0) is 49.2 Å². The van der Waals surface area contributed by atoms with E-state index in [0.717, 1.165) is 37.0 Å². The molecule has 5 nitrogen and oxygen atoms in total. The van der Waals surface area contributed by atoms with Gasteiger partial charge >= 0.3 is 0 Å². The number of benzene rings is 1. The summed E-state index contributed by atoms with van der Waals surface area (Å²) in [6.07, 6.45) is 6.27. The molecular weight excluding hydrogens is 360 g/mol. The second kappa shape index (κ2) is 8.78. The highest BCUT2D eigenvalue weighted by molar-refractivity contribution is 5.29. The fourth-order valence-electron chi connectivity index (χ4n) is 4.17. The second-order valence-corrected chi connectivity index (χ2v) is 8.15. The van der Waals surface area contributed by atoms with E-state index in [-0.39, 0.29) is 0 Å². The third kappa shape index (κ3) is 4.51. The number of ether oxygens (including phenoxy) is 1. The van der Waals surface area contributed by atoms with Crippen molar-refractivity contribution in [2.45, 2.75) is 45.1 Å². The molecule has 0 amide bonds. The molecule has 0 N–H and O–H groups in total. The van der Waals surface area contributed by atoms with Crippen molar-refractivity contribution in [2.24, 2.45) is 0 Å². The van der Waals surface area contributed by atoms with Crippen molar-refractivity contribution in [2.75, 3.05) is 20.2 Å². The van der Waals surface area contributed by atoms with Crippen LogP contribution in [0.1, 0.15) is 55.6 Å². The zero-order valence-corrected chi connectivity index (χ0v) is 17.6. The van der Waals surface area contributed by atoms with Crippen LogP contribution in [0.4, 0.5) is 0 Å². The minimum absolute atomic E-state index is 0.366. The Morgan fingerprint density at radius 3 is 2.72 bits per heavy atom. The molecule has 1 aliphatic heterocycles. The number of rotatable bonds is 6. The molecule has 0 spiro atoms. The summed E-state index contributed by atoms with van der Waals surface area (Å²) in [6.45, 7) is 7.49. The van der Waals surface area contributed by atoms with E-state index in [1.54, 1.807) is 7.11 Å². The molecule has 0 radical (unpaired) electrons. The number of hydrogen-bond donors (Lipinski definition) is 0. The zero-order valence-electron chi connectivity index (χ0n) is 17.6. The first-order chi connectivity index (χ1) is 14.1. The van der Waals surface area contributed by atoms with Crippen LogP contribution >= 0.6 is 0 Å². The van der Waals surface area contributed by atoms with Crippen LogP contribution in [-0.4, -0.2) is 39.6 Å². The molecule has 0 aliphatic carbocycles. The topological polar surface area (TPSA) is 43.2 Å². The van der Waals surface area contributed by atoms with E-state index in [1.807, 2.05) is 24.5 Å². The van der Waals surface area contributed by atoms with Gasteiger partial charge in [0.25, 0.3) is 0 Å². The normalized spacial score (nSPS) is 17.6. The molecule has 29 heavy (non-hydrogen) atoms. The lowest BCUT2D eigenvalue weighted by molar-refractivity contribution is 0.198. The number of hydrogen-bond acceptors (Lipinski definition) is 4. The Morgan fingerprint density at radius 1 is 1.14 bits per heavy atom. The average molecular weight is 391 g/mol. The molecular formula is C24H30N4O. The van der Waals surface area contributed by atoms with Crippen LogP contribution in [0.25, 0.3) is 5.82 Å². The highest BCUT2D eigenvalue weighted by Crippen LogP contribution is 2.28. The standard InChI is InChI=1S/C24H30N4O/c1-18(2)24-25-13-15-28(24)23-8-4-7-22(26-23)20-6-5-14-27(17-20)16-19-9-11-21(29-3)12-10-19/h4,7-13,15,18,20H,5-6,14,16-17H2,1-3H3/t20-/m1/s1. The summed E-state index contributed by atoms with van der Waals surface area (Å²) in [5.41, 5.74) is 2.51.